The third-order valence-electron chi connectivity index (χ3n) is 3.83. The van der Waals surface area contributed by atoms with Gasteiger partial charge in [-0.3, -0.25) is 9.59 Å². The zero-order valence-electron chi connectivity index (χ0n) is 14.9. The Balaban J connectivity index is 1.97. The van der Waals surface area contributed by atoms with Crippen LogP contribution in [0, 0.1) is 17.6 Å². The Morgan fingerprint density at radius 1 is 0.889 bits per heavy atom. The van der Waals surface area contributed by atoms with Gasteiger partial charge < -0.3 is 10.1 Å². The maximum Gasteiger partial charge on any atom is 0.329 e. The average molecular weight is 375 g/mol. The zero-order chi connectivity index (χ0) is 20.0. The van der Waals surface area contributed by atoms with Crippen LogP contribution in [0.2, 0.25) is 0 Å². The van der Waals surface area contributed by atoms with Crippen LogP contribution in [0.15, 0.2) is 48.5 Å². The molecule has 0 heterocycles. The van der Waals surface area contributed by atoms with Crippen molar-refractivity contribution < 1.29 is 27.9 Å². The number of benzene rings is 2. The molecule has 142 valence electrons. The largest absolute Gasteiger partial charge is 0.456 e. The van der Waals surface area contributed by atoms with Gasteiger partial charge in [0.1, 0.15) is 17.7 Å². The van der Waals surface area contributed by atoms with Crippen molar-refractivity contribution in [2.24, 2.45) is 5.92 Å². The second-order valence-corrected chi connectivity index (χ2v) is 6.24. The molecule has 2 rings (SSSR count). The smallest absolute Gasteiger partial charge is 0.329 e. The molecule has 1 N–H and O–H groups in total. The Kier molecular flexibility index (Phi) is 6.76. The SMILES string of the molecule is CC(C)[C@H](NC(=O)c1ccc(F)cc1)C(=O)OCC(=O)c1ccc(F)cc1. The maximum atomic E-state index is 12.9. The topological polar surface area (TPSA) is 72.5 Å². The fraction of sp³-hybridized carbons (Fsp3) is 0.250. The zero-order valence-corrected chi connectivity index (χ0v) is 14.9. The molecule has 2 aromatic rings. The number of Topliss-reactive ketones (excluding diaryl/α,β-unsaturated/α-hetero) is 1. The Bertz CT molecular complexity index is 817. The second-order valence-electron chi connectivity index (χ2n) is 6.24. The van der Waals surface area contributed by atoms with E-state index < -0.39 is 41.9 Å². The molecule has 27 heavy (non-hydrogen) atoms. The molecule has 1 amide bonds. The van der Waals surface area contributed by atoms with Crippen LogP contribution in [0.3, 0.4) is 0 Å². The number of carbonyl (C=O) groups excluding carboxylic acids is 3. The Morgan fingerprint density at radius 3 is 1.85 bits per heavy atom. The highest BCUT2D eigenvalue weighted by Gasteiger charge is 2.27. The van der Waals surface area contributed by atoms with E-state index in [0.29, 0.717) is 0 Å². The van der Waals surface area contributed by atoms with E-state index in [4.69, 9.17) is 4.74 Å². The van der Waals surface area contributed by atoms with Gasteiger partial charge in [-0.15, -0.1) is 0 Å². The van der Waals surface area contributed by atoms with Crippen LogP contribution in [-0.4, -0.2) is 30.3 Å². The molecule has 1 atom stereocenters. The predicted molar refractivity (Wildman–Crippen MR) is 94.2 cm³/mol. The van der Waals surface area contributed by atoms with Gasteiger partial charge in [0.15, 0.2) is 12.4 Å². The normalized spacial score (nSPS) is 11.7. The summed E-state index contributed by atoms with van der Waals surface area (Å²) in [6.07, 6.45) is 0. The van der Waals surface area contributed by atoms with Gasteiger partial charge >= 0.3 is 5.97 Å². The summed E-state index contributed by atoms with van der Waals surface area (Å²) in [4.78, 5) is 36.5. The standard InChI is InChI=1S/C20H19F2NO4/c1-12(2)18(23-19(25)14-5-9-16(22)10-6-14)20(26)27-11-17(24)13-3-7-15(21)8-4-13/h3-10,12,18H,11H2,1-2H3,(H,23,25)/t18-/m0/s1. The third-order valence-corrected chi connectivity index (χ3v) is 3.83. The van der Waals surface area contributed by atoms with E-state index in [-0.39, 0.29) is 17.0 Å². The molecule has 0 aliphatic rings. The lowest BCUT2D eigenvalue weighted by atomic mass is 10.0. The molecule has 0 spiro atoms. The van der Waals surface area contributed by atoms with Gasteiger partial charge in [0, 0.05) is 11.1 Å². The second kappa shape index (κ2) is 9.02. The number of amides is 1. The molecule has 0 saturated heterocycles. The Labute approximate surface area is 155 Å². The monoisotopic (exact) mass is 375 g/mol. The molecular formula is C20H19F2NO4. The fourth-order valence-corrected chi connectivity index (χ4v) is 2.27. The third kappa shape index (κ3) is 5.70. The Hall–Kier alpha value is -3.09. The Morgan fingerprint density at radius 2 is 1.37 bits per heavy atom. The number of carbonyl (C=O) groups is 3. The first-order valence-electron chi connectivity index (χ1n) is 8.29. The summed E-state index contributed by atoms with van der Waals surface area (Å²) >= 11 is 0. The summed E-state index contributed by atoms with van der Waals surface area (Å²) in [5.41, 5.74) is 0.401. The van der Waals surface area contributed by atoms with E-state index in [9.17, 15) is 23.2 Å². The number of ketones is 1. The van der Waals surface area contributed by atoms with E-state index in [0.717, 1.165) is 24.3 Å². The highest BCUT2D eigenvalue weighted by atomic mass is 19.1. The van der Waals surface area contributed by atoms with Crippen molar-refractivity contribution in [3.8, 4) is 0 Å². The van der Waals surface area contributed by atoms with Gasteiger partial charge in [-0.05, 0) is 54.4 Å². The van der Waals surface area contributed by atoms with Crippen molar-refractivity contribution >= 4 is 17.7 Å². The van der Waals surface area contributed by atoms with Crippen LogP contribution in [0.4, 0.5) is 8.78 Å². The van der Waals surface area contributed by atoms with Gasteiger partial charge in [0.25, 0.3) is 5.91 Å². The lowest BCUT2D eigenvalue weighted by Gasteiger charge is -2.20. The summed E-state index contributed by atoms with van der Waals surface area (Å²) < 4.78 is 30.8. The van der Waals surface area contributed by atoms with E-state index in [2.05, 4.69) is 5.32 Å². The number of ether oxygens (including phenoxy) is 1. The first kappa shape index (κ1) is 20.2. The predicted octanol–water partition coefficient (Wildman–Crippen LogP) is 3.15. The number of rotatable bonds is 7. The fourth-order valence-electron chi connectivity index (χ4n) is 2.27. The van der Waals surface area contributed by atoms with Crippen LogP contribution < -0.4 is 5.32 Å². The molecule has 0 radical (unpaired) electrons. The number of hydrogen-bond donors (Lipinski definition) is 1. The summed E-state index contributed by atoms with van der Waals surface area (Å²) in [6.45, 7) is 2.89. The number of halogens is 2. The van der Waals surface area contributed by atoms with Crippen molar-refractivity contribution in [3.05, 3.63) is 71.3 Å². The molecule has 0 fully saturated rings. The summed E-state index contributed by atoms with van der Waals surface area (Å²) in [5.74, 6) is -3.08. The van der Waals surface area contributed by atoms with Crippen molar-refractivity contribution in [2.45, 2.75) is 19.9 Å². The van der Waals surface area contributed by atoms with Crippen molar-refractivity contribution in [2.75, 3.05) is 6.61 Å². The molecule has 0 saturated carbocycles. The van der Waals surface area contributed by atoms with Gasteiger partial charge in [0.2, 0.25) is 0 Å². The van der Waals surface area contributed by atoms with Gasteiger partial charge in [-0.1, -0.05) is 13.8 Å². The number of hydrogen-bond acceptors (Lipinski definition) is 4. The number of esters is 1. The summed E-state index contributed by atoms with van der Waals surface area (Å²) in [7, 11) is 0. The molecular weight excluding hydrogens is 356 g/mol. The number of nitrogens with one attached hydrogen (secondary N) is 1. The highest BCUT2D eigenvalue weighted by Crippen LogP contribution is 2.09. The average Bonchev–Trinajstić information content (AvgIpc) is 2.64. The van der Waals surface area contributed by atoms with Gasteiger partial charge in [-0.2, -0.15) is 0 Å². The van der Waals surface area contributed by atoms with Crippen molar-refractivity contribution in [1.82, 2.24) is 5.32 Å². The first-order chi connectivity index (χ1) is 12.8. The molecule has 7 heteroatoms. The first-order valence-corrected chi connectivity index (χ1v) is 8.29. The van der Waals surface area contributed by atoms with Crippen LogP contribution in [-0.2, 0) is 9.53 Å². The quantitative estimate of drug-likeness (QED) is 0.596. The van der Waals surface area contributed by atoms with Crippen LogP contribution >= 0.6 is 0 Å². The minimum atomic E-state index is -0.983. The van der Waals surface area contributed by atoms with E-state index in [1.807, 2.05) is 0 Å². The minimum Gasteiger partial charge on any atom is -0.456 e. The summed E-state index contributed by atoms with van der Waals surface area (Å²) in [6, 6.07) is 8.74. The molecule has 0 aliphatic heterocycles. The molecule has 0 aromatic heterocycles. The van der Waals surface area contributed by atoms with E-state index in [1.54, 1.807) is 13.8 Å². The highest BCUT2D eigenvalue weighted by molar-refractivity contribution is 5.99. The van der Waals surface area contributed by atoms with Crippen LogP contribution in [0.5, 0.6) is 0 Å². The molecule has 0 unspecified atom stereocenters. The van der Waals surface area contributed by atoms with Gasteiger partial charge in [0.05, 0.1) is 0 Å². The van der Waals surface area contributed by atoms with E-state index in [1.165, 1.54) is 24.3 Å². The van der Waals surface area contributed by atoms with Crippen molar-refractivity contribution in [3.63, 3.8) is 0 Å². The lowest BCUT2D eigenvalue weighted by Crippen LogP contribution is -2.45. The van der Waals surface area contributed by atoms with Crippen LogP contribution in [0.1, 0.15) is 34.6 Å². The molecule has 0 bridgehead atoms. The lowest BCUT2D eigenvalue weighted by molar-refractivity contribution is -0.145. The van der Waals surface area contributed by atoms with Gasteiger partial charge in [-0.25, -0.2) is 13.6 Å². The molecule has 0 aliphatic carbocycles. The minimum absolute atomic E-state index is 0.192. The van der Waals surface area contributed by atoms with Crippen molar-refractivity contribution in [1.29, 1.82) is 0 Å². The molecule has 2 aromatic carbocycles. The summed E-state index contributed by atoms with van der Waals surface area (Å²) in [5, 5.41) is 2.53. The van der Waals surface area contributed by atoms with Crippen LogP contribution in [0.25, 0.3) is 0 Å². The van der Waals surface area contributed by atoms with E-state index >= 15 is 0 Å². The maximum absolute atomic E-state index is 12.9. The molecule has 5 nitrogen and oxygen atoms in total.